The first-order chi connectivity index (χ1) is 12.1. The average molecular weight is 345 g/mol. The van der Waals surface area contributed by atoms with Crippen LogP contribution in [0.5, 0.6) is 11.5 Å². The van der Waals surface area contributed by atoms with Gasteiger partial charge in [-0.1, -0.05) is 12.1 Å². The number of benzene rings is 2. The van der Waals surface area contributed by atoms with Gasteiger partial charge in [0.1, 0.15) is 0 Å². The van der Waals surface area contributed by atoms with Crippen molar-refractivity contribution in [1.82, 2.24) is 0 Å². The number of aliphatic hydroxyl groups excluding tert-OH is 1. The zero-order valence-electron chi connectivity index (χ0n) is 13.9. The average Bonchev–Trinajstić information content (AvgIpc) is 2.66. The van der Waals surface area contributed by atoms with Crippen LogP contribution in [-0.2, 0) is 16.1 Å². The van der Waals surface area contributed by atoms with Gasteiger partial charge in [0.25, 0.3) is 5.91 Å². The van der Waals surface area contributed by atoms with E-state index in [-0.39, 0.29) is 6.61 Å². The van der Waals surface area contributed by atoms with Crippen molar-refractivity contribution in [1.29, 1.82) is 0 Å². The first-order valence-corrected chi connectivity index (χ1v) is 7.46. The molecule has 7 nitrogen and oxygen atoms in total. The van der Waals surface area contributed by atoms with Crippen molar-refractivity contribution < 1.29 is 28.9 Å². The lowest BCUT2D eigenvalue weighted by Crippen LogP contribution is -2.21. The predicted molar refractivity (Wildman–Crippen MR) is 90.8 cm³/mol. The van der Waals surface area contributed by atoms with Crippen LogP contribution in [0, 0.1) is 0 Å². The van der Waals surface area contributed by atoms with E-state index in [0.29, 0.717) is 28.3 Å². The summed E-state index contributed by atoms with van der Waals surface area (Å²) in [6.07, 6.45) is 0. The molecule has 0 spiro atoms. The van der Waals surface area contributed by atoms with E-state index in [1.54, 1.807) is 30.3 Å². The van der Waals surface area contributed by atoms with Crippen LogP contribution in [0.1, 0.15) is 15.9 Å². The van der Waals surface area contributed by atoms with Crippen LogP contribution < -0.4 is 14.8 Å². The second-order valence-corrected chi connectivity index (χ2v) is 5.05. The largest absolute Gasteiger partial charge is 0.493 e. The fourth-order valence-corrected chi connectivity index (χ4v) is 2.07. The standard InChI is InChI=1S/C18H19NO6/c1-23-15-8-7-14(9-16(15)24-2)19-17(21)11-25-18(22)13-5-3-12(10-20)4-6-13/h3-9,20H,10-11H2,1-2H3,(H,19,21). The van der Waals surface area contributed by atoms with Gasteiger partial charge in [-0.15, -0.1) is 0 Å². The van der Waals surface area contributed by atoms with Gasteiger partial charge < -0.3 is 24.6 Å². The molecule has 7 heteroatoms. The lowest BCUT2D eigenvalue weighted by molar-refractivity contribution is -0.119. The highest BCUT2D eigenvalue weighted by Crippen LogP contribution is 2.29. The van der Waals surface area contributed by atoms with E-state index in [4.69, 9.17) is 19.3 Å². The third kappa shape index (κ3) is 4.95. The highest BCUT2D eigenvalue weighted by molar-refractivity contribution is 5.95. The van der Waals surface area contributed by atoms with E-state index in [1.165, 1.54) is 26.4 Å². The van der Waals surface area contributed by atoms with Gasteiger partial charge in [0.05, 0.1) is 26.4 Å². The number of carbonyl (C=O) groups is 2. The summed E-state index contributed by atoms with van der Waals surface area (Å²) in [4.78, 5) is 23.8. The number of esters is 1. The van der Waals surface area contributed by atoms with Gasteiger partial charge in [0.2, 0.25) is 0 Å². The van der Waals surface area contributed by atoms with Crippen molar-refractivity contribution in [2.45, 2.75) is 6.61 Å². The molecular weight excluding hydrogens is 326 g/mol. The molecule has 0 atom stereocenters. The van der Waals surface area contributed by atoms with Crippen LogP contribution in [0.25, 0.3) is 0 Å². The van der Waals surface area contributed by atoms with E-state index in [0.717, 1.165) is 0 Å². The van der Waals surface area contributed by atoms with Gasteiger partial charge in [0, 0.05) is 11.8 Å². The number of anilines is 1. The normalized spacial score (nSPS) is 10.0. The van der Waals surface area contributed by atoms with E-state index in [2.05, 4.69) is 5.32 Å². The van der Waals surface area contributed by atoms with Crippen LogP contribution in [0.2, 0.25) is 0 Å². The number of hydrogen-bond donors (Lipinski definition) is 2. The fourth-order valence-electron chi connectivity index (χ4n) is 2.07. The summed E-state index contributed by atoms with van der Waals surface area (Å²) in [5, 5.41) is 11.6. The quantitative estimate of drug-likeness (QED) is 0.746. The molecule has 0 bridgehead atoms. The maximum Gasteiger partial charge on any atom is 0.338 e. The zero-order valence-corrected chi connectivity index (χ0v) is 13.9. The molecule has 0 aromatic heterocycles. The molecule has 0 aliphatic carbocycles. The van der Waals surface area contributed by atoms with Crippen molar-refractivity contribution in [3.63, 3.8) is 0 Å². The summed E-state index contributed by atoms with van der Waals surface area (Å²) in [6.45, 7) is -0.530. The van der Waals surface area contributed by atoms with Crippen LogP contribution in [0.3, 0.4) is 0 Å². The van der Waals surface area contributed by atoms with Crippen molar-refractivity contribution in [2.24, 2.45) is 0 Å². The number of rotatable bonds is 7. The summed E-state index contributed by atoms with van der Waals surface area (Å²) in [7, 11) is 3.01. The first kappa shape index (κ1) is 18.3. The zero-order chi connectivity index (χ0) is 18.2. The van der Waals surface area contributed by atoms with Crippen LogP contribution in [0.4, 0.5) is 5.69 Å². The number of carbonyl (C=O) groups excluding carboxylic acids is 2. The van der Waals surface area contributed by atoms with Gasteiger partial charge in [0.15, 0.2) is 18.1 Å². The molecule has 0 saturated carbocycles. The molecular formula is C18H19NO6. The molecule has 2 rings (SSSR count). The second kappa shape index (κ2) is 8.70. The highest BCUT2D eigenvalue weighted by atomic mass is 16.5. The number of methoxy groups -OCH3 is 2. The molecule has 0 aliphatic rings. The molecule has 0 saturated heterocycles. The third-order valence-corrected chi connectivity index (χ3v) is 3.37. The monoisotopic (exact) mass is 345 g/mol. The van der Waals surface area contributed by atoms with Crippen LogP contribution in [0.15, 0.2) is 42.5 Å². The number of amides is 1. The number of hydrogen-bond acceptors (Lipinski definition) is 6. The molecule has 0 radical (unpaired) electrons. The van der Waals surface area contributed by atoms with E-state index in [1.807, 2.05) is 0 Å². The van der Waals surface area contributed by atoms with Gasteiger partial charge in [-0.05, 0) is 29.8 Å². The molecule has 0 heterocycles. The van der Waals surface area contributed by atoms with Crippen LogP contribution >= 0.6 is 0 Å². The minimum Gasteiger partial charge on any atom is -0.493 e. The second-order valence-electron chi connectivity index (χ2n) is 5.05. The Morgan fingerprint density at radius 3 is 2.28 bits per heavy atom. The van der Waals surface area contributed by atoms with Crippen molar-refractivity contribution in [3.05, 3.63) is 53.6 Å². The molecule has 0 aliphatic heterocycles. The minimum atomic E-state index is -0.619. The Hall–Kier alpha value is -3.06. The fraction of sp³-hybridized carbons (Fsp3) is 0.222. The summed E-state index contributed by atoms with van der Waals surface area (Å²) in [5.74, 6) is -0.0842. The molecule has 25 heavy (non-hydrogen) atoms. The van der Waals surface area contributed by atoms with Gasteiger partial charge >= 0.3 is 5.97 Å². The summed E-state index contributed by atoms with van der Waals surface area (Å²) in [6, 6.07) is 11.2. The number of aliphatic hydroxyl groups is 1. The smallest absolute Gasteiger partial charge is 0.338 e. The Bertz CT molecular complexity index is 742. The predicted octanol–water partition coefficient (Wildman–Crippen LogP) is 1.99. The van der Waals surface area contributed by atoms with Crippen LogP contribution in [-0.4, -0.2) is 37.8 Å². The Balaban J connectivity index is 1.90. The molecule has 2 aromatic carbocycles. The minimum absolute atomic E-state index is 0.108. The molecule has 0 unspecified atom stereocenters. The Labute approximate surface area is 145 Å². The van der Waals surface area contributed by atoms with Crippen molar-refractivity contribution in [2.75, 3.05) is 26.1 Å². The first-order valence-electron chi connectivity index (χ1n) is 7.46. The molecule has 2 N–H and O–H groups in total. The SMILES string of the molecule is COc1ccc(NC(=O)COC(=O)c2ccc(CO)cc2)cc1OC. The summed E-state index contributed by atoms with van der Waals surface area (Å²) >= 11 is 0. The Morgan fingerprint density at radius 2 is 1.68 bits per heavy atom. The van der Waals surface area contributed by atoms with Crippen molar-refractivity contribution >= 4 is 17.6 Å². The third-order valence-electron chi connectivity index (χ3n) is 3.37. The molecule has 0 fully saturated rings. The van der Waals surface area contributed by atoms with Crippen molar-refractivity contribution in [3.8, 4) is 11.5 Å². The molecule has 132 valence electrons. The number of nitrogens with one attached hydrogen (secondary N) is 1. The molecule has 2 aromatic rings. The lowest BCUT2D eigenvalue weighted by atomic mass is 10.1. The Morgan fingerprint density at radius 1 is 1.00 bits per heavy atom. The van der Waals surface area contributed by atoms with E-state index >= 15 is 0 Å². The number of ether oxygens (including phenoxy) is 3. The van der Waals surface area contributed by atoms with E-state index < -0.39 is 18.5 Å². The van der Waals surface area contributed by atoms with Gasteiger partial charge in [-0.3, -0.25) is 4.79 Å². The maximum atomic E-state index is 11.9. The Kier molecular flexibility index (Phi) is 6.36. The summed E-state index contributed by atoms with van der Waals surface area (Å²) < 4.78 is 15.2. The lowest BCUT2D eigenvalue weighted by Gasteiger charge is -2.11. The highest BCUT2D eigenvalue weighted by Gasteiger charge is 2.11. The molecule has 1 amide bonds. The van der Waals surface area contributed by atoms with E-state index in [9.17, 15) is 9.59 Å². The summed E-state index contributed by atoms with van der Waals surface area (Å²) in [5.41, 5.74) is 1.48. The van der Waals surface area contributed by atoms with Gasteiger partial charge in [-0.2, -0.15) is 0 Å². The van der Waals surface area contributed by atoms with Gasteiger partial charge in [-0.25, -0.2) is 4.79 Å². The maximum absolute atomic E-state index is 11.9. The topological polar surface area (TPSA) is 94.1 Å².